The van der Waals surface area contributed by atoms with E-state index in [2.05, 4.69) is 10.3 Å². The summed E-state index contributed by atoms with van der Waals surface area (Å²) in [5, 5.41) is 13.0. The summed E-state index contributed by atoms with van der Waals surface area (Å²) in [6.45, 7) is -0.0957. The molecule has 1 unspecified atom stereocenters. The quantitative estimate of drug-likeness (QED) is 0.342. The van der Waals surface area contributed by atoms with Crippen molar-refractivity contribution in [1.29, 1.82) is 0 Å². The van der Waals surface area contributed by atoms with Gasteiger partial charge in [0.25, 0.3) is 5.91 Å². The molecule has 0 saturated carbocycles. The number of hydrogen-bond donors (Lipinski definition) is 2. The molecular formula is C21H17Cl2F6N3O2S. The van der Waals surface area contributed by atoms with E-state index in [-0.39, 0.29) is 63.4 Å². The van der Waals surface area contributed by atoms with Crippen molar-refractivity contribution in [2.75, 3.05) is 11.9 Å². The first-order valence-electron chi connectivity index (χ1n) is 9.94. The van der Waals surface area contributed by atoms with E-state index in [0.29, 0.717) is 6.42 Å². The Morgan fingerprint density at radius 3 is 2.57 bits per heavy atom. The molecule has 3 aromatic rings. The first kappa shape index (κ1) is 27.3. The van der Waals surface area contributed by atoms with Gasteiger partial charge in [-0.3, -0.25) is 15.0 Å². The number of rotatable bonds is 4. The number of likely N-dealkylation sites (tertiary alicyclic amines) is 1. The second-order valence-corrected chi connectivity index (χ2v) is 9.25. The van der Waals surface area contributed by atoms with Crippen LogP contribution in [0.5, 0.6) is 5.75 Å². The molecule has 5 nitrogen and oxygen atoms in total. The normalized spacial score (nSPS) is 16.9. The molecule has 35 heavy (non-hydrogen) atoms. The lowest BCUT2D eigenvalue weighted by atomic mass is 10.1. The molecule has 1 aromatic heterocycles. The van der Waals surface area contributed by atoms with Gasteiger partial charge in [-0.15, -0.1) is 12.4 Å². The fourth-order valence-corrected chi connectivity index (χ4v) is 5.01. The first-order valence-corrected chi connectivity index (χ1v) is 11.1. The molecule has 1 fully saturated rings. The molecule has 2 heterocycles. The third-order valence-corrected chi connectivity index (χ3v) is 6.60. The van der Waals surface area contributed by atoms with Crippen molar-refractivity contribution >= 4 is 56.6 Å². The Morgan fingerprint density at radius 1 is 1.20 bits per heavy atom. The number of amides is 1. The first-order chi connectivity index (χ1) is 15.8. The monoisotopic (exact) mass is 559 g/mol. The molecule has 190 valence electrons. The SMILES string of the molecule is Cl.O=C(Nc1nc2ccc(C(F)(F)F)cc2s1)c1cc(Cl)cc(CN2CCCC2C(F)(F)F)c1O. The number of halogens is 8. The molecule has 0 radical (unpaired) electrons. The van der Waals surface area contributed by atoms with Crippen LogP contribution >= 0.6 is 35.3 Å². The van der Waals surface area contributed by atoms with Gasteiger partial charge in [-0.2, -0.15) is 26.3 Å². The maximum absolute atomic E-state index is 13.3. The fraction of sp³-hybridized carbons (Fsp3) is 0.333. The standard InChI is InChI=1S/C21H16ClF6N3O2S.ClH/c22-12-6-10(9-31-5-1-2-16(31)21(26,27)28)17(32)13(8-12)18(33)30-19-29-14-4-3-11(20(23,24)25)7-15(14)34-19;/h3-4,6-8,16,32H,1-2,5,9H2,(H,29,30,33);1H. The number of benzene rings is 2. The topological polar surface area (TPSA) is 65.5 Å². The average molecular weight is 560 g/mol. The van der Waals surface area contributed by atoms with Gasteiger partial charge < -0.3 is 5.11 Å². The number of phenolic OH excluding ortho intramolecular Hbond substituents is 1. The molecule has 4 rings (SSSR count). The van der Waals surface area contributed by atoms with Gasteiger partial charge in [-0.05, 0) is 49.7 Å². The number of nitrogens with one attached hydrogen (secondary N) is 1. The Hall–Kier alpha value is -2.28. The van der Waals surface area contributed by atoms with Crippen LogP contribution in [0.3, 0.4) is 0 Å². The Kier molecular flexibility index (Phi) is 7.80. The van der Waals surface area contributed by atoms with E-state index in [1.165, 1.54) is 17.0 Å². The van der Waals surface area contributed by atoms with Crippen molar-refractivity contribution in [3.63, 3.8) is 0 Å². The molecule has 1 aliphatic rings. The summed E-state index contributed by atoms with van der Waals surface area (Å²) in [6, 6.07) is 3.73. The van der Waals surface area contributed by atoms with Crippen molar-refractivity contribution in [3.8, 4) is 5.75 Å². The van der Waals surface area contributed by atoms with Gasteiger partial charge in [0.2, 0.25) is 0 Å². The molecule has 2 aromatic carbocycles. The Labute approximate surface area is 210 Å². The van der Waals surface area contributed by atoms with Crippen LogP contribution in [0, 0.1) is 0 Å². The van der Waals surface area contributed by atoms with Crippen LogP contribution in [0.2, 0.25) is 5.02 Å². The molecule has 0 spiro atoms. The summed E-state index contributed by atoms with van der Waals surface area (Å²) in [5.41, 5.74) is -0.873. The second kappa shape index (κ2) is 10.00. The van der Waals surface area contributed by atoms with E-state index in [0.717, 1.165) is 29.5 Å². The van der Waals surface area contributed by atoms with Crippen molar-refractivity contribution < 1.29 is 36.2 Å². The molecule has 2 N–H and O–H groups in total. The molecule has 0 bridgehead atoms. The lowest BCUT2D eigenvalue weighted by Crippen LogP contribution is -2.40. The highest BCUT2D eigenvalue weighted by atomic mass is 35.5. The van der Waals surface area contributed by atoms with Gasteiger partial charge >= 0.3 is 12.4 Å². The smallest absolute Gasteiger partial charge is 0.416 e. The number of thiazole rings is 1. The van der Waals surface area contributed by atoms with Crippen molar-refractivity contribution in [2.45, 2.75) is 37.8 Å². The highest BCUT2D eigenvalue weighted by molar-refractivity contribution is 7.22. The number of nitrogens with zero attached hydrogens (tertiary/aromatic N) is 2. The largest absolute Gasteiger partial charge is 0.507 e. The predicted octanol–water partition coefficient (Wildman–Crippen LogP) is 6.87. The maximum atomic E-state index is 13.3. The van der Waals surface area contributed by atoms with Gasteiger partial charge in [-0.1, -0.05) is 22.9 Å². The van der Waals surface area contributed by atoms with Crippen molar-refractivity contribution in [1.82, 2.24) is 9.88 Å². The van der Waals surface area contributed by atoms with Gasteiger partial charge in [0.05, 0.1) is 21.3 Å². The lowest BCUT2D eigenvalue weighted by molar-refractivity contribution is -0.177. The van der Waals surface area contributed by atoms with Crippen LogP contribution in [0.1, 0.15) is 34.3 Å². The van der Waals surface area contributed by atoms with Gasteiger partial charge in [0.1, 0.15) is 11.8 Å². The Morgan fingerprint density at radius 2 is 1.91 bits per heavy atom. The van der Waals surface area contributed by atoms with Crippen LogP contribution in [0.25, 0.3) is 10.2 Å². The zero-order valence-corrected chi connectivity index (χ0v) is 19.9. The number of aromatic nitrogens is 1. The predicted molar refractivity (Wildman–Crippen MR) is 122 cm³/mol. The third kappa shape index (κ3) is 5.93. The highest BCUT2D eigenvalue weighted by Gasteiger charge is 2.45. The average Bonchev–Trinajstić information content (AvgIpc) is 3.35. The summed E-state index contributed by atoms with van der Waals surface area (Å²) in [6.07, 6.45) is -8.69. The molecule has 0 aliphatic carbocycles. The Balaban J connectivity index is 0.00000342. The number of aromatic hydroxyl groups is 1. The molecule has 1 aliphatic heterocycles. The zero-order chi connectivity index (χ0) is 24.8. The van der Waals surface area contributed by atoms with Crippen LogP contribution in [0.15, 0.2) is 30.3 Å². The van der Waals surface area contributed by atoms with Crippen LogP contribution < -0.4 is 5.32 Å². The van der Waals surface area contributed by atoms with Crippen LogP contribution in [-0.4, -0.2) is 39.7 Å². The van der Waals surface area contributed by atoms with Crippen LogP contribution in [0.4, 0.5) is 31.5 Å². The number of hydrogen-bond acceptors (Lipinski definition) is 5. The molecule has 14 heteroatoms. The number of fused-ring (bicyclic) bond motifs is 1. The summed E-state index contributed by atoms with van der Waals surface area (Å²) < 4.78 is 78.7. The van der Waals surface area contributed by atoms with Crippen molar-refractivity contribution in [2.24, 2.45) is 0 Å². The summed E-state index contributed by atoms with van der Waals surface area (Å²) >= 11 is 6.86. The summed E-state index contributed by atoms with van der Waals surface area (Å²) in [7, 11) is 0. The minimum absolute atomic E-state index is 0. The fourth-order valence-electron chi connectivity index (χ4n) is 3.87. The second-order valence-electron chi connectivity index (χ2n) is 7.78. The zero-order valence-electron chi connectivity index (χ0n) is 17.5. The van der Waals surface area contributed by atoms with E-state index in [1.807, 2.05) is 0 Å². The molecule has 1 atom stereocenters. The summed E-state index contributed by atoms with van der Waals surface area (Å²) in [5.74, 6) is -1.39. The van der Waals surface area contributed by atoms with E-state index in [4.69, 9.17) is 11.6 Å². The number of phenols is 1. The number of alkyl halides is 6. The van der Waals surface area contributed by atoms with Gasteiger partial charge in [0, 0.05) is 17.1 Å². The maximum Gasteiger partial charge on any atom is 0.416 e. The molecule has 1 saturated heterocycles. The third-order valence-electron chi connectivity index (χ3n) is 5.45. The minimum Gasteiger partial charge on any atom is -0.507 e. The van der Waals surface area contributed by atoms with Gasteiger partial charge in [-0.25, -0.2) is 4.98 Å². The van der Waals surface area contributed by atoms with E-state index in [9.17, 15) is 36.2 Å². The number of anilines is 1. The number of carbonyl (C=O) groups excluding carboxylic acids is 1. The summed E-state index contributed by atoms with van der Waals surface area (Å²) in [4.78, 5) is 18.0. The highest BCUT2D eigenvalue weighted by Crippen LogP contribution is 2.37. The Bertz CT molecular complexity index is 1250. The number of carbonyl (C=O) groups is 1. The van der Waals surface area contributed by atoms with E-state index < -0.39 is 35.6 Å². The lowest BCUT2D eigenvalue weighted by Gasteiger charge is -2.27. The minimum atomic E-state index is -4.54. The van der Waals surface area contributed by atoms with E-state index in [1.54, 1.807) is 0 Å². The van der Waals surface area contributed by atoms with Crippen LogP contribution in [-0.2, 0) is 12.7 Å². The van der Waals surface area contributed by atoms with E-state index >= 15 is 0 Å². The molecular weight excluding hydrogens is 543 g/mol. The van der Waals surface area contributed by atoms with Crippen molar-refractivity contribution in [3.05, 3.63) is 52.0 Å². The molecule has 1 amide bonds. The van der Waals surface area contributed by atoms with Gasteiger partial charge in [0.15, 0.2) is 5.13 Å².